The topological polar surface area (TPSA) is 104 Å². The van der Waals surface area contributed by atoms with Crippen LogP contribution >= 0.6 is 0 Å². The standard InChI is InChI=1S/C5H8O6/c1-11-5(10)3(7)2(6)4(8)9/h2-3,6-7H,1H3,(H,8,9)/t2-,3-/m0/s1. The summed E-state index contributed by atoms with van der Waals surface area (Å²) < 4.78 is 3.97. The van der Waals surface area contributed by atoms with Crippen molar-refractivity contribution in [3.8, 4) is 0 Å². The Morgan fingerprint density at radius 1 is 1.27 bits per heavy atom. The molecule has 0 amide bonds. The Hall–Kier alpha value is -1.14. The average molecular weight is 164 g/mol. The van der Waals surface area contributed by atoms with Crippen molar-refractivity contribution in [1.82, 2.24) is 0 Å². The number of methoxy groups -OCH3 is 1. The molecule has 6 nitrogen and oxygen atoms in total. The van der Waals surface area contributed by atoms with E-state index in [4.69, 9.17) is 15.3 Å². The highest BCUT2D eigenvalue weighted by molar-refractivity contribution is 5.84. The van der Waals surface area contributed by atoms with Crippen molar-refractivity contribution < 1.29 is 29.6 Å². The molecule has 0 rings (SSSR count). The Kier molecular flexibility index (Phi) is 3.49. The van der Waals surface area contributed by atoms with Crippen LogP contribution in [0.1, 0.15) is 0 Å². The second-order valence-electron chi connectivity index (χ2n) is 1.75. The Morgan fingerprint density at radius 2 is 1.73 bits per heavy atom. The Morgan fingerprint density at radius 3 is 2.00 bits per heavy atom. The van der Waals surface area contributed by atoms with Crippen LogP contribution in [0.3, 0.4) is 0 Å². The minimum Gasteiger partial charge on any atom is -0.479 e. The van der Waals surface area contributed by atoms with E-state index >= 15 is 0 Å². The Balaban J connectivity index is 4.12. The summed E-state index contributed by atoms with van der Waals surface area (Å²) in [5.74, 6) is -2.86. The molecule has 0 saturated carbocycles. The lowest BCUT2D eigenvalue weighted by Crippen LogP contribution is -2.40. The maximum absolute atomic E-state index is 10.4. The number of carboxylic acids is 1. The molecule has 0 aromatic carbocycles. The first-order valence-electron chi connectivity index (χ1n) is 2.67. The van der Waals surface area contributed by atoms with Crippen molar-refractivity contribution in [2.24, 2.45) is 0 Å². The zero-order valence-corrected chi connectivity index (χ0v) is 5.72. The maximum atomic E-state index is 10.4. The highest BCUT2D eigenvalue weighted by Gasteiger charge is 2.30. The van der Waals surface area contributed by atoms with Gasteiger partial charge in [-0.25, -0.2) is 9.59 Å². The summed E-state index contributed by atoms with van der Waals surface area (Å²) in [7, 11) is 0.972. The molecule has 64 valence electrons. The summed E-state index contributed by atoms with van der Waals surface area (Å²) in [5, 5.41) is 25.3. The number of hydrogen-bond donors (Lipinski definition) is 3. The number of aliphatic hydroxyl groups is 2. The highest BCUT2D eigenvalue weighted by Crippen LogP contribution is 1.95. The molecule has 0 heterocycles. The van der Waals surface area contributed by atoms with E-state index in [2.05, 4.69) is 4.74 Å². The van der Waals surface area contributed by atoms with E-state index in [0.717, 1.165) is 7.11 Å². The second-order valence-corrected chi connectivity index (χ2v) is 1.75. The van der Waals surface area contributed by atoms with Crippen LogP contribution in [0.4, 0.5) is 0 Å². The first kappa shape index (κ1) is 9.86. The van der Waals surface area contributed by atoms with Gasteiger partial charge >= 0.3 is 11.9 Å². The molecule has 0 radical (unpaired) electrons. The second kappa shape index (κ2) is 3.89. The predicted octanol–water partition coefficient (Wildman–Crippen LogP) is -2.03. The third-order valence-corrected chi connectivity index (χ3v) is 0.995. The molecule has 3 N–H and O–H groups in total. The highest BCUT2D eigenvalue weighted by atomic mass is 16.5. The third-order valence-electron chi connectivity index (χ3n) is 0.995. The first-order chi connectivity index (χ1) is 5.00. The van der Waals surface area contributed by atoms with E-state index in [1.165, 1.54) is 0 Å². The van der Waals surface area contributed by atoms with Gasteiger partial charge in [-0.2, -0.15) is 0 Å². The summed E-state index contributed by atoms with van der Waals surface area (Å²) >= 11 is 0. The van der Waals surface area contributed by atoms with Gasteiger partial charge in [-0.1, -0.05) is 0 Å². The molecule has 0 aliphatic carbocycles. The summed E-state index contributed by atoms with van der Waals surface area (Å²) in [6.45, 7) is 0. The van der Waals surface area contributed by atoms with E-state index in [9.17, 15) is 9.59 Å². The van der Waals surface area contributed by atoms with Crippen LogP contribution in [0.2, 0.25) is 0 Å². The molecule has 0 aromatic rings. The van der Waals surface area contributed by atoms with E-state index in [-0.39, 0.29) is 0 Å². The molecule has 11 heavy (non-hydrogen) atoms. The van der Waals surface area contributed by atoms with E-state index in [1.54, 1.807) is 0 Å². The van der Waals surface area contributed by atoms with Gasteiger partial charge in [0.15, 0.2) is 12.2 Å². The van der Waals surface area contributed by atoms with E-state index in [0.29, 0.717) is 0 Å². The molecular weight excluding hydrogens is 156 g/mol. The Labute approximate surface area is 62.0 Å². The van der Waals surface area contributed by atoms with Crippen molar-refractivity contribution in [3.05, 3.63) is 0 Å². The lowest BCUT2D eigenvalue weighted by Gasteiger charge is -2.10. The van der Waals surface area contributed by atoms with E-state index in [1.807, 2.05) is 0 Å². The van der Waals surface area contributed by atoms with Gasteiger partial charge in [0, 0.05) is 0 Å². The molecule has 0 saturated heterocycles. The fourth-order valence-electron chi connectivity index (χ4n) is 0.385. The minimum atomic E-state index is -2.14. The quantitative estimate of drug-likeness (QED) is 0.415. The monoisotopic (exact) mass is 164 g/mol. The van der Waals surface area contributed by atoms with Gasteiger partial charge in [0.25, 0.3) is 0 Å². The predicted molar refractivity (Wildman–Crippen MR) is 31.7 cm³/mol. The molecule has 0 bridgehead atoms. The van der Waals surface area contributed by atoms with Crippen LogP contribution in [0.15, 0.2) is 0 Å². The molecule has 0 fully saturated rings. The zero-order chi connectivity index (χ0) is 9.02. The minimum absolute atomic E-state index is 0.972. The summed E-state index contributed by atoms with van der Waals surface area (Å²) in [6, 6.07) is 0. The lowest BCUT2D eigenvalue weighted by atomic mass is 10.2. The van der Waals surface area contributed by atoms with Crippen LogP contribution in [-0.2, 0) is 14.3 Å². The van der Waals surface area contributed by atoms with Crippen molar-refractivity contribution in [3.63, 3.8) is 0 Å². The van der Waals surface area contributed by atoms with Crippen LogP contribution in [0.5, 0.6) is 0 Å². The first-order valence-corrected chi connectivity index (χ1v) is 2.67. The fourth-order valence-corrected chi connectivity index (χ4v) is 0.385. The fraction of sp³-hybridized carbons (Fsp3) is 0.600. The molecule has 6 heteroatoms. The molecule has 0 spiro atoms. The molecular formula is C5H8O6. The number of ether oxygens (including phenoxy) is 1. The van der Waals surface area contributed by atoms with Gasteiger partial charge < -0.3 is 20.1 Å². The molecule has 2 atom stereocenters. The van der Waals surface area contributed by atoms with Crippen LogP contribution in [0, 0.1) is 0 Å². The van der Waals surface area contributed by atoms with Crippen molar-refractivity contribution in [2.45, 2.75) is 12.2 Å². The number of carbonyl (C=O) groups is 2. The summed E-state index contributed by atoms with van der Waals surface area (Å²) in [5.41, 5.74) is 0. The molecule has 0 aromatic heterocycles. The van der Waals surface area contributed by atoms with Gasteiger partial charge in [0.1, 0.15) is 0 Å². The number of rotatable bonds is 3. The Bertz CT molecular complexity index is 164. The number of aliphatic hydroxyl groups excluding tert-OH is 2. The normalized spacial score (nSPS) is 15.2. The van der Waals surface area contributed by atoms with Crippen molar-refractivity contribution in [2.75, 3.05) is 7.11 Å². The van der Waals surface area contributed by atoms with Crippen molar-refractivity contribution >= 4 is 11.9 Å². The molecule has 0 unspecified atom stereocenters. The van der Waals surface area contributed by atoms with E-state index < -0.39 is 24.1 Å². The zero-order valence-electron chi connectivity index (χ0n) is 5.72. The number of esters is 1. The number of hydrogen-bond acceptors (Lipinski definition) is 5. The largest absolute Gasteiger partial charge is 0.479 e. The third kappa shape index (κ3) is 2.52. The van der Waals surface area contributed by atoms with Gasteiger partial charge in [0.2, 0.25) is 0 Å². The smallest absolute Gasteiger partial charge is 0.338 e. The van der Waals surface area contributed by atoms with Crippen molar-refractivity contribution in [1.29, 1.82) is 0 Å². The number of aliphatic carboxylic acids is 1. The molecule has 0 aliphatic rings. The van der Waals surface area contributed by atoms with Gasteiger partial charge in [-0.05, 0) is 0 Å². The van der Waals surface area contributed by atoms with Gasteiger partial charge in [-0.15, -0.1) is 0 Å². The van der Waals surface area contributed by atoms with Crippen LogP contribution < -0.4 is 0 Å². The summed E-state index contributed by atoms with van der Waals surface area (Å²) in [4.78, 5) is 20.3. The summed E-state index contributed by atoms with van der Waals surface area (Å²) in [6.07, 6.45) is -4.17. The van der Waals surface area contributed by atoms with Crippen LogP contribution in [0.25, 0.3) is 0 Å². The SMILES string of the molecule is COC(=O)[C@@H](O)[C@H](O)C(=O)O. The van der Waals surface area contributed by atoms with Gasteiger partial charge in [0.05, 0.1) is 7.11 Å². The maximum Gasteiger partial charge on any atom is 0.338 e. The number of carboxylic acid groups (broad SMARTS) is 1. The van der Waals surface area contributed by atoms with Gasteiger partial charge in [-0.3, -0.25) is 0 Å². The lowest BCUT2D eigenvalue weighted by molar-refractivity contribution is -0.167. The average Bonchev–Trinajstić information content (AvgIpc) is 2.00. The number of carbonyl (C=O) groups excluding carboxylic acids is 1. The molecule has 0 aliphatic heterocycles. The van der Waals surface area contributed by atoms with Crippen LogP contribution in [-0.4, -0.2) is 46.6 Å².